The Hall–Kier alpha value is -2.87. The van der Waals surface area contributed by atoms with Crippen molar-refractivity contribution in [1.82, 2.24) is 10.2 Å². The Morgan fingerprint density at radius 1 is 1.14 bits per heavy atom. The molecule has 3 rings (SSSR count). The van der Waals surface area contributed by atoms with Gasteiger partial charge in [-0.2, -0.15) is 8.78 Å². The third-order valence-electron chi connectivity index (χ3n) is 4.34. The van der Waals surface area contributed by atoms with Crippen LogP contribution in [-0.4, -0.2) is 36.6 Å². The molecule has 0 bridgehead atoms. The summed E-state index contributed by atoms with van der Waals surface area (Å²) in [5.41, 5.74) is -0.868. The number of ether oxygens (including phenoxy) is 2. The quantitative estimate of drug-likeness (QED) is 0.705. The van der Waals surface area contributed by atoms with Crippen molar-refractivity contribution in [1.29, 1.82) is 0 Å². The maximum absolute atomic E-state index is 12.8. The summed E-state index contributed by atoms with van der Waals surface area (Å²) >= 11 is 6.00. The van der Waals surface area contributed by atoms with Crippen LogP contribution in [0, 0.1) is 0 Å². The van der Waals surface area contributed by atoms with Crippen molar-refractivity contribution in [3.8, 4) is 11.5 Å². The lowest BCUT2D eigenvalue weighted by atomic mass is 9.92. The number of hydrogen-bond acceptors (Lipinski definition) is 4. The van der Waals surface area contributed by atoms with E-state index in [1.54, 1.807) is 31.2 Å². The molecule has 0 saturated carbocycles. The lowest BCUT2D eigenvalue weighted by Gasteiger charge is -2.22. The van der Waals surface area contributed by atoms with Gasteiger partial charge in [0.25, 0.3) is 5.91 Å². The maximum Gasteiger partial charge on any atom is 0.387 e. The number of nitrogens with zero attached hydrogens (tertiary/aromatic N) is 1. The molecule has 0 spiro atoms. The third-order valence-corrected chi connectivity index (χ3v) is 4.65. The van der Waals surface area contributed by atoms with Crippen LogP contribution in [0.3, 0.4) is 0 Å². The molecule has 0 aliphatic carbocycles. The van der Waals surface area contributed by atoms with Gasteiger partial charge in [0, 0.05) is 0 Å². The monoisotopic (exact) mass is 410 g/mol. The summed E-state index contributed by atoms with van der Waals surface area (Å²) < 4.78 is 34.4. The number of hydrogen-bond donors (Lipinski definition) is 1. The molecule has 1 aliphatic heterocycles. The number of imide groups is 1. The molecule has 1 aliphatic rings. The van der Waals surface area contributed by atoms with E-state index in [1.807, 2.05) is 0 Å². The molecule has 9 heteroatoms. The van der Waals surface area contributed by atoms with Crippen LogP contribution in [-0.2, 0) is 10.3 Å². The molecule has 1 atom stereocenters. The molecule has 148 valence electrons. The molecule has 28 heavy (non-hydrogen) atoms. The fraction of sp³-hybridized carbons (Fsp3) is 0.263. The van der Waals surface area contributed by atoms with Gasteiger partial charge in [-0.15, -0.1) is 0 Å². The number of amides is 3. The number of nitrogens with one attached hydrogen (secondary N) is 1. The number of carbonyl (C=O) groups is 2. The van der Waals surface area contributed by atoms with Crippen LogP contribution in [0.5, 0.6) is 11.5 Å². The van der Waals surface area contributed by atoms with E-state index in [0.29, 0.717) is 16.3 Å². The molecule has 0 aromatic heterocycles. The van der Waals surface area contributed by atoms with E-state index in [0.717, 1.165) is 4.90 Å². The van der Waals surface area contributed by atoms with Gasteiger partial charge >= 0.3 is 12.6 Å². The Morgan fingerprint density at radius 3 is 2.46 bits per heavy atom. The topological polar surface area (TPSA) is 67.9 Å². The smallest absolute Gasteiger partial charge is 0.387 e. The van der Waals surface area contributed by atoms with E-state index in [-0.39, 0.29) is 18.9 Å². The van der Waals surface area contributed by atoms with E-state index in [1.165, 1.54) is 24.3 Å². The van der Waals surface area contributed by atoms with Crippen molar-refractivity contribution in [3.05, 3.63) is 59.1 Å². The van der Waals surface area contributed by atoms with Crippen LogP contribution in [0.15, 0.2) is 48.5 Å². The molecular weight excluding hydrogens is 394 g/mol. The average Bonchev–Trinajstić information content (AvgIpc) is 2.87. The Kier molecular flexibility index (Phi) is 5.69. The first-order valence-electron chi connectivity index (χ1n) is 8.38. The van der Waals surface area contributed by atoms with Gasteiger partial charge < -0.3 is 14.8 Å². The maximum atomic E-state index is 12.8. The van der Waals surface area contributed by atoms with Gasteiger partial charge in [-0.3, -0.25) is 9.69 Å². The summed E-state index contributed by atoms with van der Waals surface area (Å²) in [5, 5.41) is 3.06. The molecule has 1 saturated heterocycles. The second kappa shape index (κ2) is 8.02. The predicted octanol–water partition coefficient (Wildman–Crippen LogP) is 3.79. The second-order valence-electron chi connectivity index (χ2n) is 6.19. The second-order valence-corrected chi connectivity index (χ2v) is 6.60. The highest BCUT2D eigenvalue weighted by molar-refractivity contribution is 6.32. The molecule has 0 radical (unpaired) electrons. The van der Waals surface area contributed by atoms with Crippen molar-refractivity contribution >= 4 is 23.5 Å². The van der Waals surface area contributed by atoms with Gasteiger partial charge in [-0.05, 0) is 36.8 Å². The van der Waals surface area contributed by atoms with Gasteiger partial charge in [-0.1, -0.05) is 35.9 Å². The predicted molar refractivity (Wildman–Crippen MR) is 97.6 cm³/mol. The molecular formula is C19H17ClF2N2O4. The molecule has 1 N–H and O–H groups in total. The molecule has 0 unspecified atom stereocenters. The first kappa shape index (κ1) is 19.9. The van der Waals surface area contributed by atoms with Crippen molar-refractivity contribution in [2.45, 2.75) is 19.1 Å². The van der Waals surface area contributed by atoms with E-state index in [4.69, 9.17) is 16.3 Å². The Bertz CT molecular complexity index is 878. The highest BCUT2D eigenvalue weighted by Crippen LogP contribution is 2.30. The Labute approximate surface area is 165 Å². The summed E-state index contributed by atoms with van der Waals surface area (Å²) in [6, 6.07) is 11.8. The fourth-order valence-electron chi connectivity index (χ4n) is 2.87. The van der Waals surface area contributed by atoms with Crippen LogP contribution in [0.1, 0.15) is 12.5 Å². The Morgan fingerprint density at radius 2 is 1.82 bits per heavy atom. The van der Waals surface area contributed by atoms with Gasteiger partial charge in [0.2, 0.25) is 0 Å². The number of alkyl halides is 2. The lowest BCUT2D eigenvalue weighted by Crippen LogP contribution is -2.41. The molecule has 1 fully saturated rings. The Balaban J connectivity index is 1.67. The van der Waals surface area contributed by atoms with Crippen LogP contribution < -0.4 is 14.8 Å². The normalized spacial score (nSPS) is 19.1. The summed E-state index contributed by atoms with van der Waals surface area (Å²) in [7, 11) is 0. The van der Waals surface area contributed by atoms with Crippen LogP contribution in [0.4, 0.5) is 13.6 Å². The molecule has 3 amide bonds. The zero-order valence-electron chi connectivity index (χ0n) is 14.8. The molecule has 2 aromatic rings. The summed E-state index contributed by atoms with van der Waals surface area (Å²) in [4.78, 5) is 26.1. The average molecular weight is 411 g/mol. The molecule has 1 heterocycles. The zero-order chi connectivity index (χ0) is 20.3. The number of halogens is 3. The van der Waals surface area contributed by atoms with Gasteiger partial charge in [-0.25, -0.2) is 4.79 Å². The minimum Gasteiger partial charge on any atom is -0.490 e. The molecule has 2 aromatic carbocycles. The fourth-order valence-corrected chi connectivity index (χ4v) is 3.06. The molecule has 6 nitrogen and oxygen atoms in total. The van der Waals surface area contributed by atoms with E-state index >= 15 is 0 Å². The lowest BCUT2D eigenvalue weighted by molar-refractivity contribution is -0.131. The minimum absolute atomic E-state index is 0.0259. The van der Waals surface area contributed by atoms with E-state index in [9.17, 15) is 18.4 Å². The summed E-state index contributed by atoms with van der Waals surface area (Å²) in [5.74, 6) is -0.0551. The number of carbonyl (C=O) groups excluding carboxylic acids is 2. The summed E-state index contributed by atoms with van der Waals surface area (Å²) in [6.07, 6.45) is 0. The standard InChI is InChI=1S/C19H17ClF2N2O4/c1-19(12-6-8-13(9-7-12)28-17(21)22)16(25)24(18(26)23-19)10-11-27-15-5-3-2-4-14(15)20/h2-9,17H,10-11H2,1H3,(H,23,26)/t19-/m1/s1. The van der Waals surface area contributed by atoms with Crippen molar-refractivity contribution < 1.29 is 27.8 Å². The van der Waals surface area contributed by atoms with Crippen molar-refractivity contribution in [2.75, 3.05) is 13.2 Å². The van der Waals surface area contributed by atoms with Crippen molar-refractivity contribution in [3.63, 3.8) is 0 Å². The van der Waals surface area contributed by atoms with Gasteiger partial charge in [0.1, 0.15) is 23.6 Å². The summed E-state index contributed by atoms with van der Waals surface area (Å²) in [6.45, 7) is -1.30. The first-order valence-corrected chi connectivity index (χ1v) is 8.76. The number of para-hydroxylation sites is 1. The SMILES string of the molecule is C[C@]1(c2ccc(OC(F)F)cc2)NC(=O)N(CCOc2ccccc2Cl)C1=O. The minimum atomic E-state index is -2.94. The van der Waals surface area contributed by atoms with Crippen molar-refractivity contribution in [2.24, 2.45) is 0 Å². The van der Waals surface area contributed by atoms with Gasteiger partial charge in [0.05, 0.1) is 11.6 Å². The van der Waals surface area contributed by atoms with Crippen LogP contribution in [0.2, 0.25) is 5.02 Å². The van der Waals surface area contributed by atoms with E-state index in [2.05, 4.69) is 10.1 Å². The number of rotatable bonds is 7. The van der Waals surface area contributed by atoms with Crippen LogP contribution >= 0.6 is 11.6 Å². The number of benzene rings is 2. The van der Waals surface area contributed by atoms with E-state index < -0.39 is 24.1 Å². The zero-order valence-corrected chi connectivity index (χ0v) is 15.6. The van der Waals surface area contributed by atoms with Gasteiger partial charge in [0.15, 0.2) is 0 Å². The van der Waals surface area contributed by atoms with Crippen LogP contribution in [0.25, 0.3) is 0 Å². The number of urea groups is 1. The largest absolute Gasteiger partial charge is 0.490 e. The first-order chi connectivity index (χ1) is 13.3. The highest BCUT2D eigenvalue weighted by Gasteiger charge is 2.48. The third kappa shape index (κ3) is 4.01. The highest BCUT2D eigenvalue weighted by atomic mass is 35.5.